The predicted molar refractivity (Wildman–Crippen MR) is 87.3 cm³/mol. The van der Waals surface area contributed by atoms with Gasteiger partial charge in [0.15, 0.2) is 5.69 Å². The second-order valence-corrected chi connectivity index (χ2v) is 6.44. The van der Waals surface area contributed by atoms with Crippen LogP contribution in [-0.2, 0) is 4.79 Å². The van der Waals surface area contributed by atoms with Crippen molar-refractivity contribution in [3.63, 3.8) is 0 Å². The Morgan fingerprint density at radius 2 is 2.39 bits per heavy atom. The van der Waals surface area contributed by atoms with E-state index >= 15 is 0 Å². The van der Waals surface area contributed by atoms with Crippen LogP contribution >= 0.6 is 11.3 Å². The third-order valence-corrected chi connectivity index (χ3v) is 4.66. The summed E-state index contributed by atoms with van der Waals surface area (Å²) in [4.78, 5) is 30.7. The highest BCUT2D eigenvalue weighted by molar-refractivity contribution is 7.13. The third-order valence-electron chi connectivity index (χ3n) is 3.81. The van der Waals surface area contributed by atoms with Crippen molar-refractivity contribution < 1.29 is 14.0 Å². The molecule has 23 heavy (non-hydrogen) atoms. The zero-order chi connectivity index (χ0) is 16.2. The van der Waals surface area contributed by atoms with Crippen molar-refractivity contribution in [1.29, 1.82) is 0 Å². The topological polar surface area (TPSA) is 75.4 Å². The van der Waals surface area contributed by atoms with Gasteiger partial charge in [0, 0.05) is 26.1 Å². The van der Waals surface area contributed by atoms with E-state index in [1.54, 1.807) is 6.92 Å². The number of aromatic nitrogens is 1. The van der Waals surface area contributed by atoms with E-state index in [9.17, 15) is 9.59 Å². The molecule has 3 heterocycles. The Bertz CT molecular complexity index is 693. The van der Waals surface area contributed by atoms with Gasteiger partial charge in [-0.15, -0.1) is 11.3 Å². The van der Waals surface area contributed by atoms with Crippen molar-refractivity contribution in [2.45, 2.75) is 26.2 Å². The predicted octanol–water partition coefficient (Wildman–Crippen LogP) is 2.45. The molecule has 1 saturated heterocycles. The van der Waals surface area contributed by atoms with Crippen LogP contribution < -0.4 is 5.32 Å². The van der Waals surface area contributed by atoms with Gasteiger partial charge < -0.3 is 14.6 Å². The Morgan fingerprint density at radius 3 is 3.09 bits per heavy atom. The number of hydrogen-bond donors (Lipinski definition) is 1. The molecule has 1 fully saturated rings. The number of likely N-dealkylation sites (tertiary alicyclic amines) is 1. The van der Waals surface area contributed by atoms with E-state index < -0.39 is 0 Å². The van der Waals surface area contributed by atoms with Crippen molar-refractivity contribution in [2.75, 3.05) is 19.6 Å². The molecule has 2 aromatic rings. The van der Waals surface area contributed by atoms with Crippen molar-refractivity contribution in [2.24, 2.45) is 0 Å². The Hall–Kier alpha value is -2.15. The third kappa shape index (κ3) is 3.61. The lowest BCUT2D eigenvalue weighted by atomic mass is 10.3. The lowest BCUT2D eigenvalue weighted by molar-refractivity contribution is -0.127. The molecule has 0 radical (unpaired) electrons. The summed E-state index contributed by atoms with van der Waals surface area (Å²) < 4.78 is 5.57. The van der Waals surface area contributed by atoms with Crippen LogP contribution in [0.2, 0.25) is 0 Å². The highest BCUT2D eigenvalue weighted by atomic mass is 32.1. The monoisotopic (exact) mass is 333 g/mol. The van der Waals surface area contributed by atoms with Crippen molar-refractivity contribution in [3.8, 4) is 10.8 Å². The van der Waals surface area contributed by atoms with Crippen LogP contribution in [0.4, 0.5) is 0 Å². The minimum atomic E-state index is -0.234. The van der Waals surface area contributed by atoms with Crippen LogP contribution in [0.15, 0.2) is 21.9 Å². The van der Waals surface area contributed by atoms with Crippen LogP contribution in [-0.4, -0.2) is 41.3 Å². The Kier molecular flexibility index (Phi) is 4.76. The summed E-state index contributed by atoms with van der Waals surface area (Å²) in [5, 5.41) is 4.78. The number of carbonyl (C=O) groups excluding carboxylic acids is 2. The first-order valence-electron chi connectivity index (χ1n) is 7.72. The van der Waals surface area contributed by atoms with Gasteiger partial charge in [-0.25, -0.2) is 4.98 Å². The normalized spacial score (nSPS) is 14.5. The first-order chi connectivity index (χ1) is 11.1. The molecular weight excluding hydrogens is 314 g/mol. The molecule has 0 unspecified atom stereocenters. The Labute approximate surface area is 138 Å². The minimum Gasteiger partial charge on any atom is -0.440 e. The fraction of sp³-hybridized carbons (Fsp3) is 0.438. The summed E-state index contributed by atoms with van der Waals surface area (Å²) in [5.41, 5.74) is 0.325. The quantitative estimate of drug-likeness (QED) is 0.824. The molecule has 0 bridgehead atoms. The van der Waals surface area contributed by atoms with E-state index in [4.69, 9.17) is 4.42 Å². The van der Waals surface area contributed by atoms with Gasteiger partial charge in [0.2, 0.25) is 11.8 Å². The maximum absolute atomic E-state index is 12.2. The van der Waals surface area contributed by atoms with Gasteiger partial charge in [-0.05, 0) is 31.2 Å². The number of nitrogens with zero attached hydrogens (tertiary/aromatic N) is 2. The van der Waals surface area contributed by atoms with Gasteiger partial charge in [0.05, 0.1) is 4.88 Å². The maximum atomic E-state index is 12.2. The maximum Gasteiger partial charge on any atom is 0.273 e. The minimum absolute atomic E-state index is 0.212. The highest BCUT2D eigenvalue weighted by Gasteiger charge is 2.20. The largest absolute Gasteiger partial charge is 0.440 e. The van der Waals surface area contributed by atoms with Crippen LogP contribution in [0.3, 0.4) is 0 Å². The van der Waals surface area contributed by atoms with Gasteiger partial charge in [0.25, 0.3) is 5.91 Å². The summed E-state index contributed by atoms with van der Waals surface area (Å²) in [6.07, 6.45) is 2.33. The zero-order valence-electron chi connectivity index (χ0n) is 13.0. The Balaban J connectivity index is 1.51. The fourth-order valence-electron chi connectivity index (χ4n) is 2.61. The van der Waals surface area contributed by atoms with E-state index in [1.165, 1.54) is 11.3 Å². The molecule has 1 aliphatic heterocycles. The van der Waals surface area contributed by atoms with Gasteiger partial charge in [-0.2, -0.15) is 0 Å². The number of nitrogens with one attached hydrogen (secondary N) is 1. The fourth-order valence-corrected chi connectivity index (χ4v) is 3.26. The summed E-state index contributed by atoms with van der Waals surface area (Å²) >= 11 is 1.52. The number of hydrogen-bond acceptors (Lipinski definition) is 5. The van der Waals surface area contributed by atoms with Gasteiger partial charge >= 0.3 is 0 Å². The molecule has 2 aromatic heterocycles. The lowest BCUT2D eigenvalue weighted by Crippen LogP contribution is -2.31. The molecule has 1 N–H and O–H groups in total. The first-order valence-corrected chi connectivity index (χ1v) is 8.60. The van der Waals surface area contributed by atoms with Crippen LogP contribution in [0.25, 0.3) is 10.8 Å². The summed E-state index contributed by atoms with van der Waals surface area (Å²) in [7, 11) is 0. The number of rotatable bonds is 6. The standard InChI is InChI=1S/C16H19N3O3S/c1-11-14(18-16(22-11)12-5-3-10-23-12)15(21)17-7-4-9-19-8-2-6-13(19)20/h3,5,10H,2,4,6-9H2,1H3,(H,17,21). The van der Waals surface area contributed by atoms with Crippen LogP contribution in [0, 0.1) is 6.92 Å². The number of oxazole rings is 1. The Morgan fingerprint density at radius 1 is 1.52 bits per heavy atom. The molecule has 3 rings (SSSR count). The first kappa shape index (κ1) is 15.7. The molecular formula is C16H19N3O3S. The zero-order valence-corrected chi connectivity index (χ0v) is 13.8. The van der Waals surface area contributed by atoms with Crippen molar-refractivity contribution >= 4 is 23.2 Å². The number of amides is 2. The summed E-state index contributed by atoms with van der Waals surface area (Å²) in [6, 6.07) is 3.82. The smallest absolute Gasteiger partial charge is 0.273 e. The summed E-state index contributed by atoms with van der Waals surface area (Å²) in [6.45, 7) is 3.78. The second-order valence-electron chi connectivity index (χ2n) is 5.49. The number of thiophene rings is 1. The average molecular weight is 333 g/mol. The number of carbonyl (C=O) groups is 2. The molecule has 0 spiro atoms. The highest BCUT2D eigenvalue weighted by Crippen LogP contribution is 2.25. The second kappa shape index (κ2) is 6.95. The van der Waals surface area contributed by atoms with Crippen molar-refractivity contribution in [3.05, 3.63) is 29.0 Å². The molecule has 7 heteroatoms. The van der Waals surface area contributed by atoms with Crippen molar-refractivity contribution in [1.82, 2.24) is 15.2 Å². The SMILES string of the molecule is Cc1oc(-c2cccs2)nc1C(=O)NCCCN1CCCC1=O. The van der Waals surface area contributed by atoms with Crippen LogP contribution in [0.1, 0.15) is 35.5 Å². The average Bonchev–Trinajstić information content (AvgIpc) is 3.24. The molecule has 0 atom stereocenters. The van der Waals surface area contributed by atoms with E-state index in [0.29, 0.717) is 36.9 Å². The van der Waals surface area contributed by atoms with Crippen LogP contribution in [0.5, 0.6) is 0 Å². The van der Waals surface area contributed by atoms with E-state index in [1.807, 2.05) is 22.4 Å². The summed E-state index contributed by atoms with van der Waals surface area (Å²) in [5.74, 6) is 0.969. The molecule has 2 amide bonds. The van der Waals surface area contributed by atoms with Gasteiger partial charge in [-0.1, -0.05) is 6.07 Å². The van der Waals surface area contributed by atoms with E-state index in [2.05, 4.69) is 10.3 Å². The molecule has 0 aromatic carbocycles. The molecule has 122 valence electrons. The number of aryl methyl sites for hydroxylation is 1. The molecule has 6 nitrogen and oxygen atoms in total. The lowest BCUT2D eigenvalue weighted by Gasteiger charge is -2.15. The van der Waals surface area contributed by atoms with Gasteiger partial charge in [-0.3, -0.25) is 9.59 Å². The molecule has 0 aliphatic carbocycles. The van der Waals surface area contributed by atoms with E-state index in [0.717, 1.165) is 24.3 Å². The molecule has 0 saturated carbocycles. The molecule has 1 aliphatic rings. The van der Waals surface area contributed by atoms with Gasteiger partial charge in [0.1, 0.15) is 5.76 Å². The van der Waals surface area contributed by atoms with E-state index in [-0.39, 0.29) is 11.8 Å².